The normalized spacial score (nSPS) is 15.8. The van der Waals surface area contributed by atoms with E-state index in [1.165, 1.54) is 0 Å². The number of urea groups is 1. The lowest BCUT2D eigenvalue weighted by molar-refractivity contribution is 0.249. The molecular weight excluding hydrogens is 238 g/mol. The number of hydrogen-bond acceptors (Lipinski definition) is 2. The fourth-order valence-electron chi connectivity index (χ4n) is 1.53. The molecule has 0 spiro atoms. The Hall–Kier alpha value is -1.73. The molecule has 2 amide bonds. The molecule has 1 aliphatic carbocycles. The standard InChI is InChI=1S/C12H12ClN3O/c13-9-3-5-10(6-4-9)15-12(17)16-11(7-14)8-1-2-8/h3-6,8,11H,1-2H2,(H2,15,16,17). The number of hydrogen-bond donors (Lipinski definition) is 2. The molecule has 1 fully saturated rings. The highest BCUT2D eigenvalue weighted by molar-refractivity contribution is 6.30. The molecule has 1 atom stereocenters. The van der Waals surface area contributed by atoms with Gasteiger partial charge in [-0.3, -0.25) is 0 Å². The lowest BCUT2D eigenvalue weighted by Crippen LogP contribution is -2.38. The van der Waals surface area contributed by atoms with E-state index in [4.69, 9.17) is 16.9 Å². The summed E-state index contributed by atoms with van der Waals surface area (Å²) in [6, 6.07) is 8.16. The largest absolute Gasteiger partial charge is 0.322 e. The first-order valence-corrected chi connectivity index (χ1v) is 5.79. The van der Waals surface area contributed by atoms with Crippen molar-refractivity contribution in [2.75, 3.05) is 5.32 Å². The van der Waals surface area contributed by atoms with Gasteiger partial charge in [-0.15, -0.1) is 0 Å². The average molecular weight is 250 g/mol. The number of amides is 2. The van der Waals surface area contributed by atoms with Gasteiger partial charge in [-0.25, -0.2) is 4.79 Å². The van der Waals surface area contributed by atoms with Crippen molar-refractivity contribution < 1.29 is 4.79 Å². The number of benzene rings is 1. The smallest absolute Gasteiger partial charge is 0.320 e. The number of anilines is 1. The number of nitrogens with one attached hydrogen (secondary N) is 2. The Morgan fingerprint density at radius 2 is 2.06 bits per heavy atom. The summed E-state index contributed by atoms with van der Waals surface area (Å²) in [5.41, 5.74) is 0.652. The Morgan fingerprint density at radius 1 is 1.41 bits per heavy atom. The van der Waals surface area contributed by atoms with Crippen molar-refractivity contribution >= 4 is 23.3 Å². The number of halogens is 1. The molecule has 4 nitrogen and oxygen atoms in total. The van der Waals surface area contributed by atoms with Gasteiger partial charge in [0.2, 0.25) is 0 Å². The zero-order chi connectivity index (χ0) is 12.3. The minimum atomic E-state index is -0.387. The highest BCUT2D eigenvalue weighted by atomic mass is 35.5. The van der Waals surface area contributed by atoms with Gasteiger partial charge in [-0.2, -0.15) is 5.26 Å². The second-order valence-corrected chi connectivity index (χ2v) is 4.49. The number of carbonyl (C=O) groups is 1. The van der Waals surface area contributed by atoms with Crippen LogP contribution in [0.2, 0.25) is 5.02 Å². The molecule has 1 aromatic carbocycles. The second-order valence-electron chi connectivity index (χ2n) is 4.05. The van der Waals surface area contributed by atoms with E-state index in [9.17, 15) is 4.79 Å². The van der Waals surface area contributed by atoms with Gasteiger partial charge in [0.1, 0.15) is 6.04 Å². The van der Waals surface area contributed by atoms with E-state index in [2.05, 4.69) is 16.7 Å². The molecule has 1 aromatic rings. The predicted molar refractivity (Wildman–Crippen MR) is 65.7 cm³/mol. The summed E-state index contributed by atoms with van der Waals surface area (Å²) >= 11 is 5.73. The summed E-state index contributed by atoms with van der Waals surface area (Å²) in [6.07, 6.45) is 2.03. The molecule has 1 saturated carbocycles. The van der Waals surface area contributed by atoms with E-state index in [-0.39, 0.29) is 12.1 Å². The maximum absolute atomic E-state index is 11.6. The van der Waals surface area contributed by atoms with Crippen LogP contribution in [-0.2, 0) is 0 Å². The molecule has 1 aliphatic rings. The quantitative estimate of drug-likeness (QED) is 0.865. The molecule has 2 N–H and O–H groups in total. The van der Waals surface area contributed by atoms with Gasteiger partial charge in [0, 0.05) is 10.7 Å². The number of nitrogens with zero attached hydrogens (tertiary/aromatic N) is 1. The van der Waals surface area contributed by atoms with E-state index in [0.29, 0.717) is 16.6 Å². The SMILES string of the molecule is N#CC(NC(=O)Nc1ccc(Cl)cc1)C1CC1. The van der Waals surface area contributed by atoms with Crippen molar-refractivity contribution in [3.8, 4) is 6.07 Å². The van der Waals surface area contributed by atoms with Crippen molar-refractivity contribution in [2.45, 2.75) is 18.9 Å². The summed E-state index contributed by atoms with van der Waals surface area (Å²) in [5.74, 6) is 0.316. The summed E-state index contributed by atoms with van der Waals surface area (Å²) in [5, 5.41) is 14.8. The van der Waals surface area contributed by atoms with Crippen molar-refractivity contribution in [2.24, 2.45) is 5.92 Å². The topological polar surface area (TPSA) is 64.9 Å². The van der Waals surface area contributed by atoms with Crippen molar-refractivity contribution in [1.29, 1.82) is 5.26 Å². The minimum Gasteiger partial charge on any atom is -0.322 e. The average Bonchev–Trinajstić information content (AvgIpc) is 3.13. The fraction of sp³-hybridized carbons (Fsp3) is 0.333. The molecule has 88 valence electrons. The van der Waals surface area contributed by atoms with Crippen LogP contribution in [0.4, 0.5) is 10.5 Å². The number of carbonyl (C=O) groups excluding carboxylic acids is 1. The molecule has 0 saturated heterocycles. The lowest BCUT2D eigenvalue weighted by atomic mass is 10.2. The first kappa shape index (κ1) is 11.7. The van der Waals surface area contributed by atoms with Gasteiger partial charge >= 0.3 is 6.03 Å². The zero-order valence-corrected chi connectivity index (χ0v) is 9.87. The summed E-state index contributed by atoms with van der Waals surface area (Å²) in [4.78, 5) is 11.6. The zero-order valence-electron chi connectivity index (χ0n) is 9.11. The van der Waals surface area contributed by atoms with E-state index in [1.807, 2.05) is 0 Å². The van der Waals surface area contributed by atoms with Crippen molar-refractivity contribution in [3.05, 3.63) is 29.3 Å². The monoisotopic (exact) mass is 249 g/mol. The fourth-order valence-corrected chi connectivity index (χ4v) is 1.65. The third-order valence-electron chi connectivity index (χ3n) is 2.62. The summed E-state index contributed by atoms with van der Waals surface area (Å²) in [6.45, 7) is 0. The van der Waals surface area contributed by atoms with Gasteiger partial charge in [0.05, 0.1) is 6.07 Å². The van der Waals surface area contributed by atoms with E-state index in [1.54, 1.807) is 24.3 Å². The van der Waals surface area contributed by atoms with Crippen molar-refractivity contribution in [1.82, 2.24) is 5.32 Å². The Labute approximate surface area is 105 Å². The van der Waals surface area contributed by atoms with Gasteiger partial charge < -0.3 is 10.6 Å². The lowest BCUT2D eigenvalue weighted by Gasteiger charge is -2.11. The molecule has 0 aromatic heterocycles. The van der Waals surface area contributed by atoms with E-state index in [0.717, 1.165) is 12.8 Å². The Bertz CT molecular complexity index is 448. The third-order valence-corrected chi connectivity index (χ3v) is 2.87. The van der Waals surface area contributed by atoms with Crippen LogP contribution in [0.15, 0.2) is 24.3 Å². The van der Waals surface area contributed by atoms with Crippen LogP contribution in [0, 0.1) is 17.2 Å². The molecule has 2 rings (SSSR count). The Morgan fingerprint density at radius 3 is 2.59 bits per heavy atom. The van der Waals surface area contributed by atoms with Gasteiger partial charge in [0.15, 0.2) is 0 Å². The van der Waals surface area contributed by atoms with Crippen LogP contribution in [-0.4, -0.2) is 12.1 Å². The molecule has 0 heterocycles. The van der Waals surface area contributed by atoms with Crippen LogP contribution in [0.5, 0.6) is 0 Å². The molecule has 0 radical (unpaired) electrons. The second kappa shape index (κ2) is 5.07. The van der Waals surface area contributed by atoms with Gasteiger partial charge in [0.25, 0.3) is 0 Å². The Balaban J connectivity index is 1.88. The third kappa shape index (κ3) is 3.36. The van der Waals surface area contributed by atoms with Crippen LogP contribution in [0.3, 0.4) is 0 Å². The van der Waals surface area contributed by atoms with Crippen molar-refractivity contribution in [3.63, 3.8) is 0 Å². The highest BCUT2D eigenvalue weighted by Crippen LogP contribution is 2.32. The first-order chi connectivity index (χ1) is 8.19. The Kier molecular flexibility index (Phi) is 3.50. The van der Waals surface area contributed by atoms with Crippen LogP contribution in [0.25, 0.3) is 0 Å². The maximum Gasteiger partial charge on any atom is 0.320 e. The number of rotatable bonds is 3. The molecule has 1 unspecified atom stereocenters. The molecule has 0 bridgehead atoms. The van der Waals surface area contributed by atoms with Crippen LogP contribution >= 0.6 is 11.6 Å². The highest BCUT2D eigenvalue weighted by Gasteiger charge is 2.32. The summed E-state index contributed by atoms with van der Waals surface area (Å²) < 4.78 is 0. The molecular formula is C12H12ClN3O. The molecule has 0 aliphatic heterocycles. The minimum absolute atomic E-state index is 0.316. The first-order valence-electron chi connectivity index (χ1n) is 5.42. The molecule has 5 heteroatoms. The van der Waals surface area contributed by atoms with Crippen LogP contribution in [0.1, 0.15) is 12.8 Å². The number of nitriles is 1. The van der Waals surface area contributed by atoms with Gasteiger partial charge in [-0.1, -0.05) is 11.6 Å². The van der Waals surface area contributed by atoms with E-state index < -0.39 is 0 Å². The van der Waals surface area contributed by atoms with Gasteiger partial charge in [-0.05, 0) is 43.0 Å². The maximum atomic E-state index is 11.6. The summed E-state index contributed by atoms with van der Waals surface area (Å²) in [7, 11) is 0. The molecule has 17 heavy (non-hydrogen) atoms. The van der Waals surface area contributed by atoms with Crippen LogP contribution < -0.4 is 10.6 Å². The predicted octanol–water partition coefficient (Wildman–Crippen LogP) is 2.76. The van der Waals surface area contributed by atoms with E-state index >= 15 is 0 Å².